The number of hydrogen-bond donors (Lipinski definition) is 0. The lowest BCUT2D eigenvalue weighted by molar-refractivity contribution is -0.134. The monoisotopic (exact) mass is 311 g/mol. The van der Waals surface area contributed by atoms with Crippen molar-refractivity contribution >= 4 is 29.3 Å². The first-order valence-electron chi connectivity index (χ1n) is 7.35. The molecule has 0 radical (unpaired) electrons. The van der Waals surface area contributed by atoms with Gasteiger partial charge in [0.1, 0.15) is 0 Å². The van der Waals surface area contributed by atoms with Crippen LogP contribution in [0.25, 0.3) is 0 Å². The Morgan fingerprint density at radius 2 is 2.20 bits per heavy atom. The fraction of sp³-hybridized carbons (Fsp3) is 0.562. The fourth-order valence-corrected chi connectivity index (χ4v) is 3.95. The maximum absolute atomic E-state index is 12.6. The average Bonchev–Trinajstić information content (AvgIpc) is 2.48. The molecular weight excluding hydrogens is 290 g/mol. The molecule has 1 aromatic rings. The predicted molar refractivity (Wildman–Crippen MR) is 86.4 cm³/mol. The van der Waals surface area contributed by atoms with E-state index in [-0.39, 0.29) is 11.2 Å². The Morgan fingerprint density at radius 1 is 1.45 bits per heavy atom. The molecule has 110 valence electrons. The Labute approximate surface area is 130 Å². The van der Waals surface area contributed by atoms with Gasteiger partial charge in [0.05, 0.1) is 10.3 Å². The molecule has 1 aromatic carbocycles. The Bertz CT molecular complexity index is 466. The van der Waals surface area contributed by atoms with Crippen molar-refractivity contribution in [1.82, 2.24) is 4.90 Å². The largest absolute Gasteiger partial charge is 0.339 e. The summed E-state index contributed by atoms with van der Waals surface area (Å²) in [5, 5.41) is 0.643. The molecule has 0 N–H and O–H groups in total. The van der Waals surface area contributed by atoms with E-state index < -0.39 is 0 Å². The standard InChI is InChI=1S/C16H22ClNOS/c1-3-13-8-6-7-11-18(13)16(19)12(2)20-15-10-5-4-9-14(15)17/h4-5,9-10,12-13H,3,6-8,11H2,1-2H3. The molecule has 0 bridgehead atoms. The minimum absolute atomic E-state index is 0.0814. The quantitative estimate of drug-likeness (QED) is 0.757. The van der Waals surface area contributed by atoms with Crippen molar-refractivity contribution in [1.29, 1.82) is 0 Å². The molecule has 0 aromatic heterocycles. The van der Waals surface area contributed by atoms with Crippen LogP contribution in [0.2, 0.25) is 5.02 Å². The Morgan fingerprint density at radius 3 is 2.90 bits per heavy atom. The van der Waals surface area contributed by atoms with Gasteiger partial charge in [-0.15, -0.1) is 11.8 Å². The summed E-state index contributed by atoms with van der Waals surface area (Å²) in [7, 11) is 0. The van der Waals surface area contributed by atoms with Crippen LogP contribution < -0.4 is 0 Å². The van der Waals surface area contributed by atoms with Gasteiger partial charge in [-0.1, -0.05) is 30.7 Å². The van der Waals surface area contributed by atoms with Gasteiger partial charge in [0.2, 0.25) is 5.91 Å². The molecule has 4 heteroatoms. The van der Waals surface area contributed by atoms with Gasteiger partial charge in [0, 0.05) is 17.5 Å². The summed E-state index contributed by atoms with van der Waals surface area (Å²) in [5.74, 6) is 0.251. The molecule has 0 aliphatic carbocycles. The maximum Gasteiger partial charge on any atom is 0.236 e. The van der Waals surface area contributed by atoms with Crippen molar-refractivity contribution in [2.45, 2.75) is 55.7 Å². The van der Waals surface area contributed by atoms with Crippen molar-refractivity contribution < 1.29 is 4.79 Å². The highest BCUT2D eigenvalue weighted by Crippen LogP contribution is 2.32. The topological polar surface area (TPSA) is 20.3 Å². The van der Waals surface area contributed by atoms with E-state index in [0.29, 0.717) is 6.04 Å². The van der Waals surface area contributed by atoms with Crippen molar-refractivity contribution in [2.75, 3.05) is 6.54 Å². The minimum Gasteiger partial charge on any atom is -0.339 e. The molecule has 0 saturated carbocycles. The Hall–Kier alpha value is -0.670. The van der Waals surface area contributed by atoms with Crippen LogP contribution in [-0.4, -0.2) is 28.6 Å². The van der Waals surface area contributed by atoms with Gasteiger partial charge < -0.3 is 4.90 Å². The van der Waals surface area contributed by atoms with Crippen LogP contribution >= 0.6 is 23.4 Å². The van der Waals surface area contributed by atoms with E-state index in [9.17, 15) is 4.79 Å². The number of nitrogens with zero attached hydrogens (tertiary/aromatic N) is 1. The molecule has 20 heavy (non-hydrogen) atoms. The van der Waals surface area contributed by atoms with Gasteiger partial charge >= 0.3 is 0 Å². The predicted octanol–water partition coefficient (Wildman–Crippen LogP) is 4.61. The number of likely N-dealkylation sites (tertiary alicyclic amines) is 1. The van der Waals surface area contributed by atoms with E-state index in [1.54, 1.807) is 11.8 Å². The smallest absolute Gasteiger partial charge is 0.236 e. The molecule has 0 spiro atoms. The van der Waals surface area contributed by atoms with Crippen LogP contribution in [0.15, 0.2) is 29.2 Å². The molecule has 2 unspecified atom stereocenters. The number of hydrogen-bond acceptors (Lipinski definition) is 2. The Kier molecular flexibility index (Phi) is 5.79. The fourth-order valence-electron chi connectivity index (χ4n) is 2.73. The molecule has 2 atom stereocenters. The molecule has 1 aliphatic rings. The van der Waals surface area contributed by atoms with E-state index in [2.05, 4.69) is 11.8 Å². The summed E-state index contributed by atoms with van der Waals surface area (Å²) in [4.78, 5) is 15.7. The summed E-state index contributed by atoms with van der Waals surface area (Å²) in [6.45, 7) is 5.06. The highest BCUT2D eigenvalue weighted by Gasteiger charge is 2.29. The second kappa shape index (κ2) is 7.37. The third-order valence-electron chi connectivity index (χ3n) is 3.87. The summed E-state index contributed by atoms with van der Waals surface area (Å²) in [6, 6.07) is 8.14. The van der Waals surface area contributed by atoms with Crippen LogP contribution in [0, 0.1) is 0 Å². The van der Waals surface area contributed by atoms with Gasteiger partial charge in [0.25, 0.3) is 0 Å². The zero-order chi connectivity index (χ0) is 14.5. The molecule has 2 rings (SSSR count). The molecule has 1 fully saturated rings. The highest BCUT2D eigenvalue weighted by atomic mass is 35.5. The van der Waals surface area contributed by atoms with Crippen LogP contribution in [0.5, 0.6) is 0 Å². The van der Waals surface area contributed by atoms with E-state index >= 15 is 0 Å². The van der Waals surface area contributed by atoms with Gasteiger partial charge in [0.15, 0.2) is 0 Å². The summed E-state index contributed by atoms with van der Waals surface area (Å²) >= 11 is 7.73. The molecular formula is C16H22ClNOS. The first-order valence-corrected chi connectivity index (χ1v) is 8.61. The normalized spacial score (nSPS) is 20.8. The zero-order valence-electron chi connectivity index (χ0n) is 12.1. The molecule has 2 nitrogen and oxygen atoms in total. The van der Waals surface area contributed by atoms with E-state index in [1.807, 2.05) is 31.2 Å². The third-order valence-corrected chi connectivity index (χ3v) is 5.48. The van der Waals surface area contributed by atoms with E-state index in [0.717, 1.165) is 35.7 Å². The van der Waals surface area contributed by atoms with Gasteiger partial charge in [-0.25, -0.2) is 0 Å². The van der Waals surface area contributed by atoms with Gasteiger partial charge in [-0.05, 0) is 44.7 Å². The van der Waals surface area contributed by atoms with Crippen molar-refractivity contribution in [2.24, 2.45) is 0 Å². The van der Waals surface area contributed by atoms with Crippen LogP contribution in [-0.2, 0) is 4.79 Å². The number of thioether (sulfide) groups is 1. The average molecular weight is 312 g/mol. The van der Waals surface area contributed by atoms with Crippen LogP contribution in [0.4, 0.5) is 0 Å². The summed E-state index contributed by atoms with van der Waals surface area (Å²) < 4.78 is 0. The number of benzene rings is 1. The molecule has 1 amide bonds. The molecule has 1 heterocycles. The lowest BCUT2D eigenvalue weighted by Gasteiger charge is -2.36. The number of carbonyl (C=O) groups is 1. The molecule has 1 saturated heterocycles. The summed E-state index contributed by atoms with van der Waals surface area (Å²) in [6.07, 6.45) is 4.57. The number of piperidine rings is 1. The highest BCUT2D eigenvalue weighted by molar-refractivity contribution is 8.00. The number of rotatable bonds is 4. The Balaban J connectivity index is 2.03. The van der Waals surface area contributed by atoms with Crippen molar-refractivity contribution in [3.05, 3.63) is 29.3 Å². The first-order chi connectivity index (χ1) is 9.63. The molecule has 1 aliphatic heterocycles. The van der Waals surface area contributed by atoms with Gasteiger partial charge in [-0.2, -0.15) is 0 Å². The lowest BCUT2D eigenvalue weighted by atomic mass is 10.00. The van der Waals surface area contributed by atoms with Gasteiger partial charge in [-0.3, -0.25) is 4.79 Å². The lowest BCUT2D eigenvalue weighted by Crippen LogP contribution is -2.46. The second-order valence-electron chi connectivity index (χ2n) is 5.28. The van der Waals surface area contributed by atoms with Crippen molar-refractivity contribution in [3.63, 3.8) is 0 Å². The maximum atomic E-state index is 12.6. The second-order valence-corrected chi connectivity index (χ2v) is 7.07. The summed E-state index contributed by atoms with van der Waals surface area (Å²) in [5.41, 5.74) is 0. The first kappa shape index (κ1) is 15.7. The third kappa shape index (κ3) is 3.70. The zero-order valence-corrected chi connectivity index (χ0v) is 13.7. The van der Waals surface area contributed by atoms with E-state index in [4.69, 9.17) is 11.6 Å². The number of carbonyl (C=O) groups excluding carboxylic acids is 1. The minimum atomic E-state index is -0.0814. The van der Waals surface area contributed by atoms with E-state index in [1.165, 1.54) is 6.42 Å². The van der Waals surface area contributed by atoms with Crippen molar-refractivity contribution in [3.8, 4) is 0 Å². The van der Waals surface area contributed by atoms with Crippen LogP contribution in [0.1, 0.15) is 39.5 Å². The number of amides is 1. The number of halogens is 1. The SMILES string of the molecule is CCC1CCCCN1C(=O)C(C)Sc1ccccc1Cl. The van der Waals surface area contributed by atoms with Crippen LogP contribution in [0.3, 0.4) is 0 Å².